The van der Waals surface area contributed by atoms with Gasteiger partial charge in [0.05, 0.1) is 5.69 Å². The van der Waals surface area contributed by atoms with E-state index in [1.54, 1.807) is 13.0 Å². The number of aromatic nitrogens is 4. The van der Waals surface area contributed by atoms with Crippen molar-refractivity contribution in [1.29, 1.82) is 0 Å². The van der Waals surface area contributed by atoms with Crippen LogP contribution in [0.15, 0.2) is 59.1 Å². The lowest BCUT2D eigenvalue weighted by atomic mass is 10.1. The summed E-state index contributed by atoms with van der Waals surface area (Å²) in [6.07, 6.45) is 0. The Kier molecular flexibility index (Phi) is 4.95. The number of carbonyl (C=O) groups excluding carboxylic acids is 1. The van der Waals surface area contributed by atoms with E-state index in [0.717, 1.165) is 16.7 Å². The lowest BCUT2D eigenvalue weighted by Crippen LogP contribution is -2.27. The first kappa shape index (κ1) is 18.6. The molecule has 0 spiro atoms. The summed E-state index contributed by atoms with van der Waals surface area (Å²) in [6, 6.07) is 17.1. The van der Waals surface area contributed by atoms with Gasteiger partial charge in [-0.05, 0) is 32.9 Å². The first-order valence-electron chi connectivity index (χ1n) is 9.33. The predicted octanol–water partition coefficient (Wildman–Crippen LogP) is 4.23. The summed E-state index contributed by atoms with van der Waals surface area (Å²) in [4.78, 5) is 17.0. The summed E-state index contributed by atoms with van der Waals surface area (Å²) in [6.45, 7) is 5.82. The molecule has 1 amide bonds. The molecule has 0 fully saturated rings. The van der Waals surface area contributed by atoms with Crippen LogP contribution in [0.5, 0.6) is 0 Å². The summed E-state index contributed by atoms with van der Waals surface area (Å²) in [5.41, 5.74) is 5.17. The molecular formula is C22H21N5O2. The highest BCUT2D eigenvalue weighted by atomic mass is 16.5. The minimum Gasteiger partial charge on any atom is -0.339 e. The van der Waals surface area contributed by atoms with Gasteiger partial charge < -0.3 is 9.84 Å². The van der Waals surface area contributed by atoms with Crippen LogP contribution in [-0.4, -0.2) is 26.2 Å². The number of nitrogens with one attached hydrogen (secondary N) is 2. The number of hydrogen-bond donors (Lipinski definition) is 2. The van der Waals surface area contributed by atoms with Gasteiger partial charge in [-0.2, -0.15) is 10.1 Å². The van der Waals surface area contributed by atoms with Gasteiger partial charge in [-0.3, -0.25) is 9.89 Å². The van der Waals surface area contributed by atoms with Crippen molar-refractivity contribution >= 4 is 5.91 Å². The van der Waals surface area contributed by atoms with Gasteiger partial charge in [0.15, 0.2) is 0 Å². The number of hydrogen-bond acceptors (Lipinski definition) is 5. The van der Waals surface area contributed by atoms with Gasteiger partial charge in [0.1, 0.15) is 11.7 Å². The summed E-state index contributed by atoms with van der Waals surface area (Å²) in [7, 11) is 0. The molecule has 0 saturated carbocycles. The molecule has 29 heavy (non-hydrogen) atoms. The Morgan fingerprint density at radius 2 is 1.83 bits per heavy atom. The van der Waals surface area contributed by atoms with Crippen molar-refractivity contribution in [1.82, 2.24) is 25.7 Å². The zero-order chi connectivity index (χ0) is 20.4. The average Bonchev–Trinajstić information content (AvgIpc) is 3.39. The minimum atomic E-state index is -0.445. The maximum absolute atomic E-state index is 12.6. The third-order valence-electron chi connectivity index (χ3n) is 4.61. The number of H-pyrrole nitrogens is 1. The standard InChI is InChI=1S/C22H21N5O2/c1-13-7-9-16(10-8-13)18-12-19(26-25-18)21(28)23-15(3)22-24-20(27-29-22)17-6-4-5-14(2)11-17/h4-12,15H,1-3H3,(H,23,28)(H,25,26)/t15-/m0/s1. The highest BCUT2D eigenvalue weighted by molar-refractivity contribution is 5.93. The fourth-order valence-electron chi connectivity index (χ4n) is 2.96. The number of rotatable bonds is 5. The number of nitrogens with zero attached hydrogens (tertiary/aromatic N) is 3. The SMILES string of the molecule is Cc1ccc(-c2cc(C(=O)N[C@@H](C)c3nc(-c4cccc(C)c4)no3)[nH]n2)cc1. The van der Waals surface area contributed by atoms with E-state index in [1.165, 1.54) is 5.56 Å². The Labute approximate surface area is 168 Å². The van der Waals surface area contributed by atoms with Gasteiger partial charge in [0.25, 0.3) is 5.91 Å². The van der Waals surface area contributed by atoms with Gasteiger partial charge >= 0.3 is 0 Å². The highest BCUT2D eigenvalue weighted by Gasteiger charge is 2.19. The molecule has 0 aliphatic rings. The smallest absolute Gasteiger partial charge is 0.269 e. The van der Waals surface area contributed by atoms with Crippen molar-refractivity contribution in [2.75, 3.05) is 0 Å². The van der Waals surface area contributed by atoms with Crippen molar-refractivity contribution in [3.8, 4) is 22.6 Å². The van der Waals surface area contributed by atoms with Crippen LogP contribution in [0.1, 0.15) is 40.5 Å². The number of benzene rings is 2. The van der Waals surface area contributed by atoms with E-state index in [-0.39, 0.29) is 5.91 Å². The molecule has 146 valence electrons. The largest absolute Gasteiger partial charge is 0.339 e. The van der Waals surface area contributed by atoms with Gasteiger partial charge in [-0.1, -0.05) is 58.7 Å². The molecule has 0 radical (unpaired) electrons. The van der Waals surface area contributed by atoms with E-state index in [4.69, 9.17) is 4.52 Å². The predicted molar refractivity (Wildman–Crippen MR) is 109 cm³/mol. The lowest BCUT2D eigenvalue weighted by molar-refractivity contribution is 0.0927. The Morgan fingerprint density at radius 1 is 1.03 bits per heavy atom. The molecule has 2 aromatic carbocycles. The zero-order valence-corrected chi connectivity index (χ0v) is 16.4. The summed E-state index contributed by atoms with van der Waals surface area (Å²) >= 11 is 0. The molecule has 0 bridgehead atoms. The molecule has 1 atom stereocenters. The molecule has 0 aliphatic heterocycles. The van der Waals surface area contributed by atoms with E-state index in [1.807, 2.05) is 62.4 Å². The van der Waals surface area contributed by atoms with E-state index in [2.05, 4.69) is 25.7 Å². The summed E-state index contributed by atoms with van der Waals surface area (Å²) in [5, 5.41) is 13.9. The highest BCUT2D eigenvalue weighted by Crippen LogP contribution is 2.21. The fraction of sp³-hybridized carbons (Fsp3) is 0.182. The topological polar surface area (TPSA) is 96.7 Å². The zero-order valence-electron chi connectivity index (χ0n) is 16.4. The molecule has 2 aromatic heterocycles. The molecule has 4 aromatic rings. The molecule has 2 heterocycles. The third-order valence-corrected chi connectivity index (χ3v) is 4.61. The lowest BCUT2D eigenvalue weighted by Gasteiger charge is -2.07. The van der Waals surface area contributed by atoms with Crippen LogP contribution < -0.4 is 5.32 Å². The van der Waals surface area contributed by atoms with Crippen LogP contribution >= 0.6 is 0 Å². The van der Waals surface area contributed by atoms with Crippen molar-refractivity contribution < 1.29 is 9.32 Å². The number of amides is 1. The summed E-state index contributed by atoms with van der Waals surface area (Å²) < 4.78 is 5.34. The second-order valence-electron chi connectivity index (χ2n) is 7.05. The molecule has 0 saturated heterocycles. The Hall–Kier alpha value is -3.74. The van der Waals surface area contributed by atoms with E-state index >= 15 is 0 Å². The van der Waals surface area contributed by atoms with Crippen LogP contribution in [0, 0.1) is 13.8 Å². The molecular weight excluding hydrogens is 366 g/mol. The first-order chi connectivity index (χ1) is 14.0. The number of aromatic amines is 1. The van der Waals surface area contributed by atoms with Crippen molar-refractivity contribution in [3.63, 3.8) is 0 Å². The van der Waals surface area contributed by atoms with Gasteiger partial charge in [-0.25, -0.2) is 0 Å². The van der Waals surface area contributed by atoms with Crippen LogP contribution in [0.2, 0.25) is 0 Å². The Morgan fingerprint density at radius 3 is 2.59 bits per heavy atom. The monoisotopic (exact) mass is 387 g/mol. The number of aryl methyl sites for hydroxylation is 2. The maximum atomic E-state index is 12.6. The average molecular weight is 387 g/mol. The van der Waals surface area contributed by atoms with Crippen LogP contribution in [0.4, 0.5) is 0 Å². The van der Waals surface area contributed by atoms with Crippen molar-refractivity contribution in [3.05, 3.63) is 77.3 Å². The number of carbonyl (C=O) groups is 1. The van der Waals surface area contributed by atoms with E-state index < -0.39 is 6.04 Å². The first-order valence-corrected chi connectivity index (χ1v) is 9.33. The molecule has 0 unspecified atom stereocenters. The minimum absolute atomic E-state index is 0.293. The summed E-state index contributed by atoms with van der Waals surface area (Å²) in [5.74, 6) is 0.541. The molecule has 0 aliphatic carbocycles. The Bertz CT molecular complexity index is 1140. The normalized spacial score (nSPS) is 12.0. The van der Waals surface area contributed by atoms with Gasteiger partial charge in [-0.15, -0.1) is 0 Å². The maximum Gasteiger partial charge on any atom is 0.269 e. The van der Waals surface area contributed by atoms with E-state index in [0.29, 0.717) is 23.1 Å². The van der Waals surface area contributed by atoms with Gasteiger partial charge in [0.2, 0.25) is 11.7 Å². The molecule has 7 nitrogen and oxygen atoms in total. The second-order valence-corrected chi connectivity index (χ2v) is 7.05. The van der Waals surface area contributed by atoms with E-state index in [9.17, 15) is 4.79 Å². The van der Waals surface area contributed by atoms with Crippen molar-refractivity contribution in [2.45, 2.75) is 26.8 Å². The van der Waals surface area contributed by atoms with Crippen LogP contribution in [-0.2, 0) is 0 Å². The fourth-order valence-corrected chi connectivity index (χ4v) is 2.96. The Balaban J connectivity index is 1.45. The van der Waals surface area contributed by atoms with Crippen LogP contribution in [0.25, 0.3) is 22.6 Å². The molecule has 7 heteroatoms. The third kappa shape index (κ3) is 4.08. The van der Waals surface area contributed by atoms with Crippen molar-refractivity contribution in [2.24, 2.45) is 0 Å². The van der Waals surface area contributed by atoms with Crippen LogP contribution in [0.3, 0.4) is 0 Å². The molecule has 2 N–H and O–H groups in total. The quantitative estimate of drug-likeness (QED) is 0.534. The second kappa shape index (κ2) is 7.71. The molecule has 4 rings (SSSR count). The van der Waals surface area contributed by atoms with Gasteiger partial charge in [0, 0.05) is 11.1 Å².